The number of halogens is 1. The fraction of sp³-hybridized carbons (Fsp3) is 0.444. The van der Waals surface area contributed by atoms with Crippen molar-refractivity contribution in [3.8, 4) is 0 Å². The van der Waals surface area contributed by atoms with Gasteiger partial charge in [0.05, 0.1) is 24.1 Å². The molecule has 1 saturated carbocycles. The molecule has 7 heteroatoms. The first kappa shape index (κ1) is 22.6. The van der Waals surface area contributed by atoms with Crippen LogP contribution in [-0.2, 0) is 17.9 Å². The minimum Gasteiger partial charge on any atom is -0.351 e. The van der Waals surface area contributed by atoms with Crippen molar-refractivity contribution >= 4 is 22.8 Å². The van der Waals surface area contributed by atoms with Crippen molar-refractivity contribution in [3.05, 3.63) is 65.7 Å². The number of amides is 2. The second-order valence-electron chi connectivity index (χ2n) is 9.78. The fourth-order valence-electron chi connectivity index (χ4n) is 5.32. The molecule has 1 aromatic heterocycles. The van der Waals surface area contributed by atoms with Gasteiger partial charge in [-0.1, -0.05) is 62.4 Å². The molecule has 178 valence electrons. The van der Waals surface area contributed by atoms with Gasteiger partial charge in [-0.3, -0.25) is 9.59 Å². The summed E-state index contributed by atoms with van der Waals surface area (Å²) < 4.78 is 16.4. The summed E-state index contributed by atoms with van der Waals surface area (Å²) in [7, 11) is 0. The molecule has 1 aliphatic carbocycles. The summed E-state index contributed by atoms with van der Waals surface area (Å²) in [6.45, 7) is 2.06. The third kappa shape index (κ3) is 4.08. The van der Waals surface area contributed by atoms with Gasteiger partial charge in [0, 0.05) is 11.6 Å². The number of nitrogens with one attached hydrogen (secondary N) is 1. The Kier molecular flexibility index (Phi) is 6.11. The van der Waals surface area contributed by atoms with Crippen LogP contribution in [0, 0.1) is 5.82 Å². The molecule has 2 aromatic carbocycles. The summed E-state index contributed by atoms with van der Waals surface area (Å²) in [6, 6.07) is 14.1. The van der Waals surface area contributed by atoms with E-state index in [-0.39, 0.29) is 36.8 Å². The van der Waals surface area contributed by atoms with Crippen molar-refractivity contribution in [2.45, 2.75) is 76.5 Å². The highest BCUT2D eigenvalue weighted by atomic mass is 19.1. The van der Waals surface area contributed by atoms with Crippen LogP contribution in [-0.4, -0.2) is 37.8 Å². The quantitative estimate of drug-likeness (QED) is 0.605. The van der Waals surface area contributed by atoms with Gasteiger partial charge in [0.25, 0.3) is 5.91 Å². The Labute approximate surface area is 199 Å². The van der Waals surface area contributed by atoms with Crippen molar-refractivity contribution in [1.82, 2.24) is 19.8 Å². The van der Waals surface area contributed by atoms with Crippen molar-refractivity contribution < 1.29 is 14.0 Å². The lowest BCUT2D eigenvalue weighted by Crippen LogP contribution is -2.64. The van der Waals surface area contributed by atoms with Crippen LogP contribution in [0.15, 0.2) is 48.5 Å². The second-order valence-corrected chi connectivity index (χ2v) is 9.78. The molecule has 3 aromatic rings. The number of para-hydroxylation sites is 2. The monoisotopic (exact) mass is 462 g/mol. The van der Waals surface area contributed by atoms with Crippen molar-refractivity contribution in [2.75, 3.05) is 0 Å². The number of imidazole rings is 1. The fourth-order valence-corrected chi connectivity index (χ4v) is 5.32. The molecule has 1 atom stereocenters. The molecule has 5 rings (SSSR count). The van der Waals surface area contributed by atoms with E-state index in [2.05, 4.69) is 10.3 Å². The van der Waals surface area contributed by atoms with Gasteiger partial charge in [-0.25, -0.2) is 9.37 Å². The van der Waals surface area contributed by atoms with Gasteiger partial charge >= 0.3 is 0 Å². The molecule has 1 fully saturated rings. The lowest BCUT2D eigenvalue weighted by atomic mass is 9.92. The second kappa shape index (κ2) is 9.20. The predicted molar refractivity (Wildman–Crippen MR) is 129 cm³/mol. The molecule has 6 nitrogen and oxygen atoms in total. The van der Waals surface area contributed by atoms with Gasteiger partial charge in [0.2, 0.25) is 5.91 Å². The zero-order valence-electron chi connectivity index (χ0n) is 19.6. The SMILES string of the molecule is C[C@]1(C(=O)NC2CCCCCCC2)Cn2c(nc3ccccc32)C(=O)N1Cc1ccccc1F. The molecule has 0 unspecified atom stereocenters. The third-order valence-corrected chi connectivity index (χ3v) is 7.37. The highest BCUT2D eigenvalue weighted by molar-refractivity contribution is 6.01. The smallest absolute Gasteiger partial charge is 0.291 e. The van der Waals surface area contributed by atoms with Gasteiger partial charge in [-0.2, -0.15) is 0 Å². The van der Waals surface area contributed by atoms with E-state index in [0.717, 1.165) is 31.2 Å². The molecular weight excluding hydrogens is 431 g/mol. The topological polar surface area (TPSA) is 67.2 Å². The number of rotatable bonds is 4. The van der Waals surface area contributed by atoms with E-state index >= 15 is 0 Å². The highest BCUT2D eigenvalue weighted by Crippen LogP contribution is 2.32. The number of hydrogen-bond acceptors (Lipinski definition) is 3. The van der Waals surface area contributed by atoms with Gasteiger partial charge in [-0.05, 0) is 38.0 Å². The van der Waals surface area contributed by atoms with E-state index in [0.29, 0.717) is 11.1 Å². The van der Waals surface area contributed by atoms with Crippen LogP contribution in [0.3, 0.4) is 0 Å². The first-order chi connectivity index (χ1) is 16.5. The largest absolute Gasteiger partial charge is 0.351 e. The summed E-state index contributed by atoms with van der Waals surface area (Å²) in [5.41, 5.74) is 0.728. The van der Waals surface area contributed by atoms with E-state index in [1.54, 1.807) is 25.1 Å². The number of carbonyl (C=O) groups is 2. The predicted octanol–water partition coefficient (Wildman–Crippen LogP) is 4.82. The summed E-state index contributed by atoms with van der Waals surface area (Å²) in [5.74, 6) is -0.655. The molecule has 34 heavy (non-hydrogen) atoms. The number of carbonyl (C=O) groups excluding carboxylic acids is 2. The molecule has 1 N–H and O–H groups in total. The Morgan fingerprint density at radius 3 is 2.50 bits per heavy atom. The average molecular weight is 463 g/mol. The standard InChI is InChI=1S/C27H31FN4O2/c1-27(26(34)29-20-12-5-3-2-4-6-13-20)18-31-23-16-10-9-15-22(23)30-24(31)25(33)32(27)17-19-11-7-8-14-21(19)28/h7-11,14-16,20H,2-6,12-13,17-18H2,1H3,(H,29,34)/t27-/m1/s1. The minimum atomic E-state index is -1.18. The number of hydrogen-bond donors (Lipinski definition) is 1. The van der Waals surface area contributed by atoms with Crippen LogP contribution in [0.2, 0.25) is 0 Å². The molecule has 2 aliphatic rings. The normalized spacial score (nSPS) is 21.7. The zero-order chi connectivity index (χ0) is 23.7. The molecule has 0 bridgehead atoms. The summed E-state index contributed by atoms with van der Waals surface area (Å²) in [5, 5.41) is 3.26. The molecule has 2 amide bonds. The van der Waals surface area contributed by atoms with Crippen LogP contribution in [0.25, 0.3) is 11.0 Å². The van der Waals surface area contributed by atoms with Crippen LogP contribution < -0.4 is 5.32 Å². The number of nitrogens with zero attached hydrogens (tertiary/aromatic N) is 3. The molecule has 1 aliphatic heterocycles. The van der Waals surface area contributed by atoms with Gasteiger partial charge in [0.15, 0.2) is 5.82 Å². The Morgan fingerprint density at radius 2 is 1.74 bits per heavy atom. The molecule has 0 radical (unpaired) electrons. The average Bonchev–Trinajstić information content (AvgIpc) is 3.18. The van der Waals surface area contributed by atoms with Gasteiger partial charge < -0.3 is 14.8 Å². The van der Waals surface area contributed by atoms with E-state index in [1.807, 2.05) is 28.8 Å². The van der Waals surface area contributed by atoms with Crippen molar-refractivity contribution in [3.63, 3.8) is 0 Å². The van der Waals surface area contributed by atoms with Crippen molar-refractivity contribution in [2.24, 2.45) is 0 Å². The van der Waals surface area contributed by atoms with Crippen LogP contribution >= 0.6 is 0 Å². The van der Waals surface area contributed by atoms with E-state index in [1.165, 1.54) is 30.2 Å². The van der Waals surface area contributed by atoms with Crippen LogP contribution in [0.5, 0.6) is 0 Å². The third-order valence-electron chi connectivity index (χ3n) is 7.37. The number of fused-ring (bicyclic) bond motifs is 3. The van der Waals surface area contributed by atoms with E-state index in [9.17, 15) is 14.0 Å². The summed E-state index contributed by atoms with van der Waals surface area (Å²) in [6.07, 6.45) is 7.70. The lowest BCUT2D eigenvalue weighted by Gasteiger charge is -2.44. The molecule has 2 heterocycles. The maximum atomic E-state index is 14.6. The lowest BCUT2D eigenvalue weighted by molar-refractivity contribution is -0.134. The Balaban J connectivity index is 1.52. The first-order valence-corrected chi connectivity index (χ1v) is 12.3. The van der Waals surface area contributed by atoms with Gasteiger partial charge in [0.1, 0.15) is 11.4 Å². The summed E-state index contributed by atoms with van der Waals surface area (Å²) >= 11 is 0. The number of aromatic nitrogens is 2. The maximum absolute atomic E-state index is 14.6. The van der Waals surface area contributed by atoms with Crippen molar-refractivity contribution in [1.29, 1.82) is 0 Å². The molecular formula is C27H31FN4O2. The Bertz CT molecular complexity index is 1210. The first-order valence-electron chi connectivity index (χ1n) is 12.3. The zero-order valence-corrected chi connectivity index (χ0v) is 19.6. The maximum Gasteiger partial charge on any atom is 0.291 e. The molecule has 0 saturated heterocycles. The number of benzene rings is 2. The Hall–Kier alpha value is -3.22. The van der Waals surface area contributed by atoms with Gasteiger partial charge in [-0.15, -0.1) is 0 Å². The van der Waals surface area contributed by atoms with Crippen LogP contribution in [0.1, 0.15) is 68.1 Å². The van der Waals surface area contributed by atoms with E-state index < -0.39 is 11.4 Å². The van der Waals surface area contributed by atoms with Crippen LogP contribution in [0.4, 0.5) is 4.39 Å². The summed E-state index contributed by atoms with van der Waals surface area (Å²) in [4.78, 5) is 33.7. The molecule has 0 spiro atoms. The Morgan fingerprint density at radius 1 is 1.06 bits per heavy atom. The van der Waals surface area contributed by atoms with E-state index in [4.69, 9.17) is 0 Å². The highest BCUT2D eigenvalue weighted by Gasteiger charge is 2.49. The minimum absolute atomic E-state index is 0.00327.